The van der Waals surface area contributed by atoms with Crippen molar-refractivity contribution in [3.05, 3.63) is 71.5 Å². The Balaban J connectivity index is 1.71. The first-order chi connectivity index (χ1) is 14.8. The number of hydrogen-bond acceptors (Lipinski definition) is 5. The number of rotatable bonds is 6. The molecule has 3 rings (SSSR count). The van der Waals surface area contributed by atoms with Crippen LogP contribution in [-0.2, 0) is 14.4 Å². The molecule has 0 saturated carbocycles. The Morgan fingerprint density at radius 1 is 1.03 bits per heavy atom. The zero-order valence-corrected chi connectivity index (χ0v) is 17.6. The molecule has 0 fully saturated rings. The first-order valence-corrected chi connectivity index (χ1v) is 10.1. The predicted octanol–water partition coefficient (Wildman–Crippen LogP) is 4.58. The number of aromatic nitrogens is 1. The van der Waals surface area contributed by atoms with Crippen LogP contribution >= 0.6 is 11.3 Å². The van der Waals surface area contributed by atoms with Gasteiger partial charge in [0.25, 0.3) is 0 Å². The van der Waals surface area contributed by atoms with Crippen molar-refractivity contribution in [1.29, 1.82) is 0 Å². The zero-order valence-electron chi connectivity index (χ0n) is 16.8. The lowest BCUT2D eigenvalue weighted by Gasteiger charge is -2.18. The van der Waals surface area contributed by atoms with Crippen LogP contribution in [0.3, 0.4) is 0 Å². The Bertz CT molecular complexity index is 1160. The summed E-state index contributed by atoms with van der Waals surface area (Å²) in [6.07, 6.45) is 2.79. The highest BCUT2D eigenvalue weighted by atomic mass is 32.1. The van der Waals surface area contributed by atoms with Crippen molar-refractivity contribution in [2.45, 2.75) is 13.8 Å². The molecule has 0 radical (unpaired) electrons. The highest BCUT2D eigenvalue weighted by Crippen LogP contribution is 2.31. The van der Waals surface area contributed by atoms with E-state index in [1.165, 1.54) is 49.1 Å². The highest BCUT2D eigenvalue weighted by molar-refractivity contribution is 7.14. The van der Waals surface area contributed by atoms with Gasteiger partial charge in [0.15, 0.2) is 5.13 Å². The number of hydrogen-bond donors (Lipinski definition) is 2. The lowest BCUT2D eigenvalue weighted by atomic mass is 10.2. The fourth-order valence-corrected chi connectivity index (χ4v) is 3.57. The molecule has 2 aromatic carbocycles. The average Bonchev–Trinajstić information content (AvgIpc) is 3.16. The molecular formula is C22H19FN4O3S. The smallest absolute Gasteiger partial charge is 0.248 e. The van der Waals surface area contributed by atoms with E-state index in [1.807, 2.05) is 0 Å². The first kappa shape index (κ1) is 21.8. The minimum atomic E-state index is -0.536. The molecule has 0 aliphatic heterocycles. The lowest BCUT2D eigenvalue weighted by molar-refractivity contribution is -0.116. The van der Waals surface area contributed by atoms with Gasteiger partial charge >= 0.3 is 0 Å². The van der Waals surface area contributed by atoms with E-state index in [4.69, 9.17) is 0 Å². The van der Waals surface area contributed by atoms with Gasteiger partial charge in [-0.2, -0.15) is 0 Å². The quantitative estimate of drug-likeness (QED) is 0.551. The third-order valence-electron chi connectivity index (χ3n) is 3.97. The monoisotopic (exact) mass is 438 g/mol. The van der Waals surface area contributed by atoms with E-state index < -0.39 is 11.7 Å². The predicted molar refractivity (Wildman–Crippen MR) is 120 cm³/mol. The van der Waals surface area contributed by atoms with Crippen molar-refractivity contribution in [2.24, 2.45) is 0 Å². The van der Waals surface area contributed by atoms with Crippen LogP contribution < -0.4 is 15.5 Å². The largest absolute Gasteiger partial charge is 0.326 e. The second kappa shape index (κ2) is 9.77. The van der Waals surface area contributed by atoms with Crippen LogP contribution in [0.4, 0.5) is 26.6 Å². The van der Waals surface area contributed by atoms with Crippen molar-refractivity contribution in [2.75, 3.05) is 15.5 Å². The molecule has 0 unspecified atom stereocenters. The number of nitrogens with zero attached hydrogens (tertiary/aromatic N) is 2. The molecule has 2 N–H and O–H groups in total. The standard InChI is InChI=1S/C22H19FN4O3S/c1-14(28)24-16-6-5-7-17(12-16)25-21(30)11-10-18-13-31-22(26-18)27(15(2)29)20-9-4-3-8-19(20)23/h3-13H,1-2H3,(H,24,28)(H,25,30)/b11-10+. The van der Waals surface area contributed by atoms with Crippen molar-refractivity contribution < 1.29 is 18.8 Å². The van der Waals surface area contributed by atoms with E-state index in [0.29, 0.717) is 22.2 Å². The van der Waals surface area contributed by atoms with Crippen LogP contribution in [0.2, 0.25) is 0 Å². The maximum absolute atomic E-state index is 14.1. The summed E-state index contributed by atoms with van der Waals surface area (Å²) in [5.41, 5.74) is 1.64. The van der Waals surface area contributed by atoms with Gasteiger partial charge < -0.3 is 10.6 Å². The van der Waals surface area contributed by atoms with Gasteiger partial charge in [-0.05, 0) is 36.4 Å². The average molecular weight is 438 g/mol. The van der Waals surface area contributed by atoms with Crippen LogP contribution in [0.15, 0.2) is 60.0 Å². The molecule has 0 spiro atoms. The van der Waals surface area contributed by atoms with E-state index in [9.17, 15) is 18.8 Å². The molecule has 3 aromatic rings. The highest BCUT2D eigenvalue weighted by Gasteiger charge is 2.20. The van der Waals surface area contributed by atoms with E-state index in [2.05, 4.69) is 15.6 Å². The van der Waals surface area contributed by atoms with Gasteiger partial charge in [-0.1, -0.05) is 18.2 Å². The number of halogens is 1. The molecule has 31 heavy (non-hydrogen) atoms. The summed E-state index contributed by atoms with van der Waals surface area (Å²) in [6.45, 7) is 2.72. The Kier molecular flexibility index (Phi) is 6.88. The Labute approximate surface area is 182 Å². The molecule has 3 amide bonds. The minimum Gasteiger partial charge on any atom is -0.326 e. The van der Waals surface area contributed by atoms with Crippen LogP contribution in [0.1, 0.15) is 19.5 Å². The number of carbonyl (C=O) groups is 3. The van der Waals surface area contributed by atoms with E-state index in [0.717, 1.165) is 11.3 Å². The Morgan fingerprint density at radius 3 is 2.42 bits per heavy atom. The van der Waals surface area contributed by atoms with E-state index >= 15 is 0 Å². The summed E-state index contributed by atoms with van der Waals surface area (Å²) in [5, 5.41) is 7.28. The summed E-state index contributed by atoms with van der Waals surface area (Å²) >= 11 is 1.16. The molecule has 158 valence electrons. The number of anilines is 4. The van der Waals surface area contributed by atoms with Gasteiger partial charge in [0.1, 0.15) is 5.82 Å². The summed E-state index contributed by atoms with van der Waals surface area (Å²) in [6, 6.07) is 12.7. The second-order valence-electron chi connectivity index (χ2n) is 6.45. The second-order valence-corrected chi connectivity index (χ2v) is 7.28. The summed E-state index contributed by atoms with van der Waals surface area (Å²) < 4.78 is 14.1. The van der Waals surface area contributed by atoms with Crippen molar-refractivity contribution >= 4 is 57.3 Å². The SMILES string of the molecule is CC(=O)Nc1cccc(NC(=O)/C=C/c2csc(N(C(C)=O)c3ccccc3F)n2)c1. The normalized spacial score (nSPS) is 10.7. The molecule has 0 saturated heterocycles. The number of para-hydroxylation sites is 1. The Hall–Kier alpha value is -3.85. The van der Waals surface area contributed by atoms with E-state index in [1.54, 1.807) is 35.7 Å². The number of thiazole rings is 1. The van der Waals surface area contributed by atoms with Gasteiger partial charge in [0.2, 0.25) is 17.7 Å². The molecule has 1 aromatic heterocycles. The molecule has 1 heterocycles. The van der Waals surface area contributed by atoms with Gasteiger partial charge in [-0.25, -0.2) is 9.37 Å². The van der Waals surface area contributed by atoms with Crippen LogP contribution in [0.5, 0.6) is 0 Å². The molecule has 0 bridgehead atoms. The third-order valence-corrected chi connectivity index (χ3v) is 4.81. The minimum absolute atomic E-state index is 0.108. The molecule has 0 atom stereocenters. The lowest BCUT2D eigenvalue weighted by Crippen LogP contribution is -2.23. The van der Waals surface area contributed by atoms with Crippen molar-refractivity contribution in [3.63, 3.8) is 0 Å². The fourth-order valence-electron chi connectivity index (χ4n) is 2.72. The van der Waals surface area contributed by atoms with E-state index in [-0.39, 0.29) is 17.5 Å². The summed E-state index contributed by atoms with van der Waals surface area (Å²) in [4.78, 5) is 40.9. The maximum Gasteiger partial charge on any atom is 0.248 e. The first-order valence-electron chi connectivity index (χ1n) is 9.21. The van der Waals surface area contributed by atoms with Gasteiger partial charge in [-0.15, -0.1) is 11.3 Å². The zero-order chi connectivity index (χ0) is 22.4. The molecule has 9 heteroatoms. The van der Waals surface area contributed by atoms with Gasteiger partial charge in [-0.3, -0.25) is 19.3 Å². The van der Waals surface area contributed by atoms with Crippen LogP contribution in [0, 0.1) is 5.82 Å². The Morgan fingerprint density at radius 2 is 1.74 bits per heavy atom. The topological polar surface area (TPSA) is 91.4 Å². The third kappa shape index (κ3) is 5.83. The fraction of sp³-hybridized carbons (Fsp3) is 0.0909. The van der Waals surface area contributed by atoms with Gasteiger partial charge in [0.05, 0.1) is 11.4 Å². The number of amides is 3. The molecule has 0 aliphatic carbocycles. The maximum atomic E-state index is 14.1. The number of carbonyl (C=O) groups excluding carboxylic acids is 3. The van der Waals surface area contributed by atoms with Gasteiger partial charge in [0, 0.05) is 36.7 Å². The van der Waals surface area contributed by atoms with Crippen LogP contribution in [0.25, 0.3) is 6.08 Å². The summed E-state index contributed by atoms with van der Waals surface area (Å²) in [7, 11) is 0. The summed E-state index contributed by atoms with van der Waals surface area (Å²) in [5.74, 6) is -1.53. The molecule has 0 aliphatic rings. The van der Waals surface area contributed by atoms with Crippen molar-refractivity contribution in [1.82, 2.24) is 4.98 Å². The van der Waals surface area contributed by atoms with Crippen molar-refractivity contribution in [3.8, 4) is 0 Å². The molecular weight excluding hydrogens is 419 g/mol. The number of benzene rings is 2. The number of nitrogens with one attached hydrogen (secondary N) is 2. The molecule has 7 nitrogen and oxygen atoms in total. The van der Waals surface area contributed by atoms with Crippen LogP contribution in [-0.4, -0.2) is 22.7 Å².